The Hall–Kier alpha value is -0.240. The summed E-state index contributed by atoms with van der Waals surface area (Å²) in [5.41, 5.74) is 0. The van der Waals surface area contributed by atoms with Crippen LogP contribution in [-0.2, 0) is 4.79 Å². The van der Waals surface area contributed by atoms with Crippen molar-refractivity contribution in [3.8, 4) is 0 Å². The van der Waals surface area contributed by atoms with Gasteiger partial charge in [-0.15, -0.1) is 11.6 Å². The Labute approximate surface area is 66.2 Å². The van der Waals surface area contributed by atoms with E-state index in [-0.39, 0.29) is 0 Å². The standard InChI is InChI=1S/C7H13ClO2/c1-3-5-7(8,4-2)6(9)10/h3-5H2,1-2H3,(H,9,10). The van der Waals surface area contributed by atoms with E-state index in [1.54, 1.807) is 6.92 Å². The van der Waals surface area contributed by atoms with E-state index in [1.165, 1.54) is 0 Å². The van der Waals surface area contributed by atoms with E-state index in [4.69, 9.17) is 16.7 Å². The summed E-state index contributed by atoms with van der Waals surface area (Å²) in [7, 11) is 0. The van der Waals surface area contributed by atoms with Gasteiger partial charge in [-0.25, -0.2) is 0 Å². The Balaban J connectivity index is 4.08. The second kappa shape index (κ2) is 3.81. The third-order valence-corrected chi connectivity index (χ3v) is 2.21. The van der Waals surface area contributed by atoms with Gasteiger partial charge in [0.2, 0.25) is 0 Å². The molecule has 0 fully saturated rings. The van der Waals surface area contributed by atoms with E-state index in [1.807, 2.05) is 6.92 Å². The summed E-state index contributed by atoms with van der Waals surface area (Å²) in [5, 5.41) is 8.63. The van der Waals surface area contributed by atoms with Crippen LogP contribution in [0.4, 0.5) is 0 Å². The van der Waals surface area contributed by atoms with Crippen LogP contribution in [0.1, 0.15) is 33.1 Å². The summed E-state index contributed by atoms with van der Waals surface area (Å²) in [5.74, 6) is -0.904. The highest BCUT2D eigenvalue weighted by atomic mass is 35.5. The molecule has 0 bridgehead atoms. The van der Waals surface area contributed by atoms with Crippen molar-refractivity contribution < 1.29 is 9.90 Å². The van der Waals surface area contributed by atoms with Crippen molar-refractivity contribution in [3.05, 3.63) is 0 Å². The summed E-state index contributed by atoms with van der Waals surface area (Å²) in [6, 6.07) is 0. The smallest absolute Gasteiger partial charge is 0.324 e. The lowest BCUT2D eigenvalue weighted by molar-refractivity contribution is -0.140. The second-order valence-corrected chi connectivity index (χ2v) is 3.10. The number of alkyl halides is 1. The molecule has 0 saturated heterocycles. The van der Waals surface area contributed by atoms with Crippen LogP contribution >= 0.6 is 11.6 Å². The fourth-order valence-corrected chi connectivity index (χ4v) is 1.02. The summed E-state index contributed by atoms with van der Waals surface area (Å²) in [6.07, 6.45) is 1.84. The average Bonchev–Trinajstić information content (AvgIpc) is 1.88. The minimum absolute atomic E-state index is 0.484. The van der Waals surface area contributed by atoms with Crippen LogP contribution in [0.25, 0.3) is 0 Å². The van der Waals surface area contributed by atoms with Gasteiger partial charge in [0.05, 0.1) is 0 Å². The number of carboxylic acids is 1. The maximum absolute atomic E-state index is 10.5. The monoisotopic (exact) mass is 164 g/mol. The predicted molar refractivity (Wildman–Crippen MR) is 41.4 cm³/mol. The fraction of sp³-hybridized carbons (Fsp3) is 0.857. The molecular formula is C7H13ClO2. The Morgan fingerprint density at radius 1 is 1.60 bits per heavy atom. The Morgan fingerprint density at radius 2 is 2.10 bits per heavy atom. The van der Waals surface area contributed by atoms with E-state index in [0.29, 0.717) is 12.8 Å². The molecule has 1 atom stereocenters. The number of aliphatic carboxylic acids is 1. The van der Waals surface area contributed by atoms with Gasteiger partial charge in [0, 0.05) is 0 Å². The first-order chi connectivity index (χ1) is 4.56. The van der Waals surface area contributed by atoms with E-state index < -0.39 is 10.8 Å². The van der Waals surface area contributed by atoms with Gasteiger partial charge in [0.25, 0.3) is 0 Å². The molecule has 0 aliphatic rings. The molecule has 0 saturated carbocycles. The average molecular weight is 165 g/mol. The molecule has 0 aliphatic heterocycles. The van der Waals surface area contributed by atoms with Gasteiger partial charge in [-0.05, 0) is 12.8 Å². The molecule has 1 unspecified atom stereocenters. The van der Waals surface area contributed by atoms with Crippen LogP contribution < -0.4 is 0 Å². The van der Waals surface area contributed by atoms with E-state index in [0.717, 1.165) is 6.42 Å². The molecule has 0 aromatic rings. The minimum atomic E-state index is -1.02. The van der Waals surface area contributed by atoms with Gasteiger partial charge in [0.1, 0.15) is 4.87 Å². The maximum atomic E-state index is 10.5. The third-order valence-electron chi connectivity index (χ3n) is 1.59. The Bertz CT molecular complexity index is 125. The van der Waals surface area contributed by atoms with Crippen LogP contribution in [0, 0.1) is 0 Å². The van der Waals surface area contributed by atoms with Gasteiger partial charge in [0.15, 0.2) is 0 Å². The lowest BCUT2D eigenvalue weighted by Crippen LogP contribution is -2.31. The van der Waals surface area contributed by atoms with E-state index in [9.17, 15) is 4.79 Å². The molecular weight excluding hydrogens is 152 g/mol. The normalized spacial score (nSPS) is 16.3. The molecule has 0 aromatic heterocycles. The SMILES string of the molecule is CCCC(Cl)(CC)C(=O)O. The van der Waals surface area contributed by atoms with Crippen LogP contribution in [0.5, 0.6) is 0 Å². The zero-order chi connectivity index (χ0) is 8.20. The first kappa shape index (κ1) is 9.76. The van der Waals surface area contributed by atoms with Gasteiger partial charge >= 0.3 is 5.97 Å². The first-order valence-electron chi connectivity index (χ1n) is 3.49. The van der Waals surface area contributed by atoms with Gasteiger partial charge in [-0.3, -0.25) is 4.79 Å². The van der Waals surface area contributed by atoms with Crippen LogP contribution in [-0.4, -0.2) is 16.0 Å². The van der Waals surface area contributed by atoms with E-state index >= 15 is 0 Å². The Kier molecular flexibility index (Phi) is 3.72. The molecule has 60 valence electrons. The molecule has 0 radical (unpaired) electrons. The van der Waals surface area contributed by atoms with Crippen molar-refractivity contribution in [3.63, 3.8) is 0 Å². The van der Waals surface area contributed by atoms with Crippen molar-refractivity contribution in [1.29, 1.82) is 0 Å². The molecule has 0 spiro atoms. The molecule has 0 amide bonds. The van der Waals surface area contributed by atoms with Crippen molar-refractivity contribution >= 4 is 17.6 Å². The van der Waals surface area contributed by atoms with Gasteiger partial charge < -0.3 is 5.11 Å². The molecule has 10 heavy (non-hydrogen) atoms. The summed E-state index contributed by atoms with van der Waals surface area (Å²) in [6.45, 7) is 3.71. The molecule has 3 heteroatoms. The predicted octanol–water partition coefficient (Wildman–Crippen LogP) is 2.26. The number of hydrogen-bond acceptors (Lipinski definition) is 1. The molecule has 0 aliphatic carbocycles. The van der Waals surface area contributed by atoms with Crippen LogP contribution in [0.2, 0.25) is 0 Å². The number of rotatable bonds is 4. The lowest BCUT2D eigenvalue weighted by atomic mass is 10.0. The van der Waals surface area contributed by atoms with Crippen LogP contribution in [0.3, 0.4) is 0 Å². The van der Waals surface area contributed by atoms with Crippen molar-refractivity contribution in [2.75, 3.05) is 0 Å². The number of hydrogen-bond donors (Lipinski definition) is 1. The quantitative estimate of drug-likeness (QED) is 0.648. The second-order valence-electron chi connectivity index (χ2n) is 2.37. The van der Waals surface area contributed by atoms with E-state index in [2.05, 4.69) is 0 Å². The minimum Gasteiger partial charge on any atom is -0.480 e. The molecule has 2 nitrogen and oxygen atoms in total. The number of carboxylic acid groups (broad SMARTS) is 1. The summed E-state index contributed by atoms with van der Waals surface area (Å²) in [4.78, 5) is 9.49. The largest absolute Gasteiger partial charge is 0.480 e. The zero-order valence-electron chi connectivity index (χ0n) is 6.35. The Morgan fingerprint density at radius 3 is 2.20 bits per heavy atom. The summed E-state index contributed by atoms with van der Waals surface area (Å²) < 4.78 is 0. The van der Waals surface area contributed by atoms with Crippen LogP contribution in [0.15, 0.2) is 0 Å². The number of carbonyl (C=O) groups is 1. The number of halogens is 1. The highest BCUT2D eigenvalue weighted by Crippen LogP contribution is 2.25. The molecule has 1 N–H and O–H groups in total. The highest BCUT2D eigenvalue weighted by molar-refractivity contribution is 6.33. The lowest BCUT2D eigenvalue weighted by Gasteiger charge is -2.18. The first-order valence-corrected chi connectivity index (χ1v) is 3.87. The van der Waals surface area contributed by atoms with Crippen molar-refractivity contribution in [2.24, 2.45) is 0 Å². The maximum Gasteiger partial charge on any atom is 0.324 e. The highest BCUT2D eigenvalue weighted by Gasteiger charge is 2.32. The van der Waals surface area contributed by atoms with Crippen molar-refractivity contribution in [1.82, 2.24) is 0 Å². The van der Waals surface area contributed by atoms with Gasteiger partial charge in [-0.2, -0.15) is 0 Å². The molecule has 0 rings (SSSR count). The van der Waals surface area contributed by atoms with Crippen molar-refractivity contribution in [2.45, 2.75) is 38.0 Å². The fourth-order valence-electron chi connectivity index (χ4n) is 0.831. The molecule has 0 aromatic carbocycles. The topological polar surface area (TPSA) is 37.3 Å². The zero-order valence-corrected chi connectivity index (χ0v) is 7.11. The van der Waals surface area contributed by atoms with Gasteiger partial charge in [-0.1, -0.05) is 20.3 Å². The molecule has 0 heterocycles. The summed E-state index contributed by atoms with van der Waals surface area (Å²) >= 11 is 5.76. The third kappa shape index (κ3) is 2.18.